The van der Waals surface area contributed by atoms with Crippen molar-refractivity contribution in [3.05, 3.63) is 0 Å². The molecule has 9 heteroatoms. The highest BCUT2D eigenvalue weighted by Gasteiger charge is 2.37. The standard InChI is InChI=1S/C14H25OS.CHF3O3S/c1-16(13-9-3-2-4-10-13)11-14(15)12-7-5-6-8-12;2-1(3,4)8(5,6)7/h12-13H,2-11H2,1H3;(H,5,6,7)/q+1;/p-1. The Bertz CT molecular complexity index is 493. The van der Waals surface area contributed by atoms with Gasteiger partial charge in [-0.05, 0) is 49.4 Å². The highest BCUT2D eigenvalue weighted by molar-refractivity contribution is 7.97. The van der Waals surface area contributed by atoms with Crippen LogP contribution in [0.5, 0.6) is 0 Å². The molecule has 0 aromatic heterocycles. The molecule has 1 atom stereocenters. The number of halogens is 3. The molecule has 142 valence electrons. The summed E-state index contributed by atoms with van der Waals surface area (Å²) in [7, 11) is -5.72. The van der Waals surface area contributed by atoms with Crippen molar-refractivity contribution in [3.63, 3.8) is 0 Å². The summed E-state index contributed by atoms with van der Waals surface area (Å²) in [5, 5.41) is 0.874. The van der Waals surface area contributed by atoms with Crippen molar-refractivity contribution < 1.29 is 30.9 Å². The second-order valence-corrected chi connectivity index (χ2v) is 10.2. The first kappa shape index (κ1) is 21.8. The minimum atomic E-state index is -6.09. The van der Waals surface area contributed by atoms with E-state index in [9.17, 15) is 18.0 Å². The van der Waals surface area contributed by atoms with Crippen molar-refractivity contribution in [1.82, 2.24) is 0 Å². The van der Waals surface area contributed by atoms with Crippen LogP contribution in [-0.4, -0.2) is 41.5 Å². The van der Waals surface area contributed by atoms with Crippen LogP contribution >= 0.6 is 0 Å². The van der Waals surface area contributed by atoms with Gasteiger partial charge in [0.05, 0.1) is 6.26 Å². The third kappa shape index (κ3) is 7.31. The van der Waals surface area contributed by atoms with Crippen molar-refractivity contribution in [2.45, 2.75) is 68.5 Å². The number of carbonyl (C=O) groups is 1. The molecule has 0 aromatic carbocycles. The zero-order valence-electron chi connectivity index (χ0n) is 13.8. The molecule has 0 bridgehead atoms. The van der Waals surface area contributed by atoms with Gasteiger partial charge in [0.15, 0.2) is 21.7 Å². The second kappa shape index (κ2) is 9.43. The van der Waals surface area contributed by atoms with Crippen LogP contribution in [-0.2, 0) is 25.8 Å². The van der Waals surface area contributed by atoms with Crippen LogP contribution in [0.25, 0.3) is 0 Å². The van der Waals surface area contributed by atoms with E-state index in [1.165, 1.54) is 57.8 Å². The Morgan fingerprint density at radius 2 is 1.46 bits per heavy atom. The summed E-state index contributed by atoms with van der Waals surface area (Å²) >= 11 is 0. The third-order valence-corrected chi connectivity index (χ3v) is 7.50. The van der Waals surface area contributed by atoms with Gasteiger partial charge in [-0.25, -0.2) is 8.42 Å². The maximum absolute atomic E-state index is 12.1. The van der Waals surface area contributed by atoms with Gasteiger partial charge < -0.3 is 4.55 Å². The summed E-state index contributed by atoms with van der Waals surface area (Å²) < 4.78 is 58.9. The molecule has 1 unspecified atom stereocenters. The molecule has 0 aliphatic heterocycles. The van der Waals surface area contributed by atoms with E-state index in [1.807, 2.05) is 0 Å². The van der Waals surface area contributed by atoms with E-state index in [-0.39, 0.29) is 0 Å². The molecule has 0 aromatic rings. The lowest BCUT2D eigenvalue weighted by atomic mass is 10.0. The monoisotopic (exact) mass is 390 g/mol. The van der Waals surface area contributed by atoms with Gasteiger partial charge in [0.25, 0.3) is 0 Å². The minimum absolute atomic E-state index is 0.368. The predicted molar refractivity (Wildman–Crippen MR) is 87.7 cm³/mol. The van der Waals surface area contributed by atoms with E-state index < -0.39 is 15.6 Å². The van der Waals surface area contributed by atoms with Crippen LogP contribution in [0.15, 0.2) is 0 Å². The zero-order valence-corrected chi connectivity index (χ0v) is 15.4. The van der Waals surface area contributed by atoms with E-state index >= 15 is 0 Å². The van der Waals surface area contributed by atoms with Crippen LogP contribution in [0.4, 0.5) is 13.2 Å². The normalized spacial score (nSPS) is 21.9. The Morgan fingerprint density at radius 1 is 1.04 bits per heavy atom. The average Bonchev–Trinajstić information content (AvgIpc) is 3.01. The maximum Gasteiger partial charge on any atom is 0.485 e. The molecule has 2 fully saturated rings. The molecule has 0 spiro atoms. The molecular formula is C15H25F3O4S2. The number of Topliss-reactive ketones (excluding diaryl/α,β-unsaturated/α-hetero) is 1. The predicted octanol–water partition coefficient (Wildman–Crippen LogP) is 3.38. The summed E-state index contributed by atoms with van der Waals surface area (Å²) in [6, 6.07) is 0. The molecule has 0 N–H and O–H groups in total. The number of carbonyl (C=O) groups excluding carboxylic acids is 1. The molecular weight excluding hydrogens is 365 g/mol. The highest BCUT2D eigenvalue weighted by Crippen LogP contribution is 2.28. The van der Waals surface area contributed by atoms with E-state index in [0.717, 1.165) is 11.0 Å². The van der Waals surface area contributed by atoms with Crippen LogP contribution in [0.2, 0.25) is 0 Å². The molecule has 0 heterocycles. The Labute approximate surface area is 144 Å². The largest absolute Gasteiger partial charge is 0.741 e. The van der Waals surface area contributed by atoms with E-state index in [4.69, 9.17) is 13.0 Å². The Hall–Kier alpha value is -0.280. The number of hydrogen-bond donors (Lipinski definition) is 0. The van der Waals surface area contributed by atoms with Gasteiger partial charge in [-0.1, -0.05) is 19.3 Å². The van der Waals surface area contributed by atoms with E-state index in [1.54, 1.807) is 0 Å². The van der Waals surface area contributed by atoms with Crippen LogP contribution in [0.3, 0.4) is 0 Å². The molecule has 2 rings (SSSR count). The smallest absolute Gasteiger partial charge is 0.485 e. The lowest BCUT2D eigenvalue weighted by molar-refractivity contribution is -0.120. The van der Waals surface area contributed by atoms with Gasteiger partial charge in [0.1, 0.15) is 5.25 Å². The Kier molecular flexibility index (Phi) is 8.55. The average molecular weight is 390 g/mol. The fourth-order valence-corrected chi connectivity index (χ4v) is 5.23. The van der Waals surface area contributed by atoms with Crippen molar-refractivity contribution in [2.24, 2.45) is 5.92 Å². The Balaban J connectivity index is 0.000000307. The lowest BCUT2D eigenvalue weighted by Crippen LogP contribution is -2.31. The van der Waals surface area contributed by atoms with Crippen LogP contribution in [0.1, 0.15) is 57.8 Å². The molecule has 2 aliphatic carbocycles. The molecule has 2 aliphatic rings. The van der Waals surface area contributed by atoms with Gasteiger partial charge in [-0.15, -0.1) is 0 Å². The van der Waals surface area contributed by atoms with Gasteiger partial charge in [-0.2, -0.15) is 13.2 Å². The molecule has 4 nitrogen and oxygen atoms in total. The van der Waals surface area contributed by atoms with Gasteiger partial charge in [0, 0.05) is 5.92 Å². The first-order valence-electron chi connectivity index (χ1n) is 8.18. The number of ketones is 1. The van der Waals surface area contributed by atoms with Crippen molar-refractivity contribution in [1.29, 1.82) is 0 Å². The van der Waals surface area contributed by atoms with Crippen LogP contribution < -0.4 is 0 Å². The second-order valence-electron chi connectivity index (χ2n) is 6.44. The summed E-state index contributed by atoms with van der Waals surface area (Å²) in [5.41, 5.74) is -5.65. The third-order valence-electron chi connectivity index (χ3n) is 4.59. The van der Waals surface area contributed by atoms with Gasteiger partial charge in [0.2, 0.25) is 0 Å². The number of rotatable bonds is 4. The molecule has 24 heavy (non-hydrogen) atoms. The van der Waals surface area contributed by atoms with Crippen molar-refractivity contribution >= 4 is 26.8 Å². The summed E-state index contributed by atoms with van der Waals surface area (Å²) in [6.45, 7) is 0. The van der Waals surface area contributed by atoms with Crippen molar-refractivity contribution in [3.8, 4) is 0 Å². The molecule has 0 radical (unpaired) electrons. The van der Waals surface area contributed by atoms with E-state index in [0.29, 0.717) is 22.6 Å². The maximum atomic E-state index is 12.1. The van der Waals surface area contributed by atoms with Gasteiger partial charge in [-0.3, -0.25) is 4.79 Å². The summed E-state index contributed by atoms with van der Waals surface area (Å²) in [5.74, 6) is 1.93. The highest BCUT2D eigenvalue weighted by atomic mass is 32.2. The zero-order chi connectivity index (χ0) is 18.4. The number of hydrogen-bond acceptors (Lipinski definition) is 4. The lowest BCUT2D eigenvalue weighted by Gasteiger charge is -2.21. The first-order valence-corrected chi connectivity index (χ1v) is 11.5. The fourth-order valence-electron chi connectivity index (χ4n) is 3.18. The molecule has 2 saturated carbocycles. The molecule has 0 amide bonds. The van der Waals surface area contributed by atoms with Crippen molar-refractivity contribution in [2.75, 3.05) is 12.0 Å². The van der Waals surface area contributed by atoms with Gasteiger partial charge >= 0.3 is 5.51 Å². The Morgan fingerprint density at radius 3 is 1.88 bits per heavy atom. The quantitative estimate of drug-likeness (QED) is 0.419. The SMILES string of the molecule is C[S+](CC(=O)C1CCCC1)C1CCCCC1.O=S(=O)([O-])C(F)(F)F. The summed E-state index contributed by atoms with van der Waals surface area (Å²) in [4.78, 5) is 12.1. The topological polar surface area (TPSA) is 74.3 Å². The number of alkyl halides is 3. The summed E-state index contributed by atoms with van der Waals surface area (Å²) in [6.07, 6.45) is 14.3. The fraction of sp³-hybridized carbons (Fsp3) is 0.933. The molecule has 0 saturated heterocycles. The minimum Gasteiger partial charge on any atom is -0.741 e. The van der Waals surface area contributed by atoms with E-state index in [2.05, 4.69) is 6.26 Å². The first-order chi connectivity index (χ1) is 11.0. The van der Waals surface area contributed by atoms with Crippen LogP contribution in [0, 0.1) is 5.92 Å².